The van der Waals surface area contributed by atoms with Crippen molar-refractivity contribution >= 4 is 26.0 Å². The lowest BCUT2D eigenvalue weighted by Crippen LogP contribution is -2.41. The molecule has 1 aliphatic heterocycles. The Morgan fingerprint density at radius 3 is 2.95 bits per heavy atom. The van der Waals surface area contributed by atoms with Gasteiger partial charge in [0, 0.05) is 26.3 Å². The summed E-state index contributed by atoms with van der Waals surface area (Å²) < 4.78 is 37.1. The van der Waals surface area contributed by atoms with Gasteiger partial charge in [0.1, 0.15) is 17.3 Å². The van der Waals surface area contributed by atoms with Gasteiger partial charge in [0.25, 0.3) is 0 Å². The van der Waals surface area contributed by atoms with Crippen LogP contribution in [0.5, 0.6) is 0 Å². The Bertz CT molecular complexity index is 554. The number of nitrogens with zero attached hydrogens (tertiary/aromatic N) is 1. The first kappa shape index (κ1) is 16.0. The minimum atomic E-state index is -3.61. The van der Waals surface area contributed by atoms with E-state index in [1.165, 1.54) is 10.4 Å². The average Bonchev–Trinajstić information content (AvgIpc) is 2.81. The van der Waals surface area contributed by atoms with E-state index in [1.54, 1.807) is 7.11 Å². The third-order valence-corrected chi connectivity index (χ3v) is 6.09. The van der Waals surface area contributed by atoms with Crippen LogP contribution in [0, 0.1) is 5.92 Å². The molecule has 20 heavy (non-hydrogen) atoms. The zero-order valence-electron chi connectivity index (χ0n) is 11.2. The van der Waals surface area contributed by atoms with E-state index in [-0.39, 0.29) is 27.9 Å². The van der Waals surface area contributed by atoms with Gasteiger partial charge in [0.2, 0.25) is 10.0 Å². The van der Waals surface area contributed by atoms with Gasteiger partial charge in [-0.25, -0.2) is 8.42 Å². The summed E-state index contributed by atoms with van der Waals surface area (Å²) in [7, 11) is -1.99. The van der Waals surface area contributed by atoms with E-state index in [2.05, 4.69) is 15.9 Å². The van der Waals surface area contributed by atoms with Crippen LogP contribution < -0.4 is 0 Å². The first-order valence-corrected chi connectivity index (χ1v) is 8.60. The SMILES string of the molecule is COCC1CCCN(S(=O)(=O)c2cc(CO)oc2Br)C1. The number of ether oxygens (including phenoxy) is 1. The molecule has 1 unspecified atom stereocenters. The molecular formula is C12H18BrNO5S. The average molecular weight is 368 g/mol. The van der Waals surface area contributed by atoms with Crippen molar-refractivity contribution in [2.75, 3.05) is 26.8 Å². The van der Waals surface area contributed by atoms with Crippen molar-refractivity contribution in [1.29, 1.82) is 0 Å². The maximum absolute atomic E-state index is 12.6. The van der Waals surface area contributed by atoms with E-state index < -0.39 is 10.0 Å². The van der Waals surface area contributed by atoms with Crippen LogP contribution in [-0.2, 0) is 21.4 Å². The maximum atomic E-state index is 12.6. The molecule has 2 rings (SSSR count). The summed E-state index contributed by atoms with van der Waals surface area (Å²) >= 11 is 3.10. The van der Waals surface area contributed by atoms with Crippen molar-refractivity contribution < 1.29 is 22.7 Å². The molecule has 1 saturated heterocycles. The first-order valence-electron chi connectivity index (χ1n) is 6.37. The van der Waals surface area contributed by atoms with E-state index in [4.69, 9.17) is 14.3 Å². The Hall–Kier alpha value is -0.410. The molecule has 0 aromatic carbocycles. The first-order chi connectivity index (χ1) is 9.48. The Labute approximate surface area is 126 Å². The van der Waals surface area contributed by atoms with Crippen LogP contribution in [0.4, 0.5) is 0 Å². The van der Waals surface area contributed by atoms with E-state index in [0.29, 0.717) is 19.7 Å². The van der Waals surface area contributed by atoms with Crippen molar-refractivity contribution in [2.45, 2.75) is 24.3 Å². The summed E-state index contributed by atoms with van der Waals surface area (Å²) in [6.45, 7) is 1.16. The lowest BCUT2D eigenvalue weighted by atomic mass is 10.0. The fourth-order valence-electron chi connectivity index (χ4n) is 2.41. The number of hydrogen-bond donors (Lipinski definition) is 1. The van der Waals surface area contributed by atoms with Crippen LogP contribution in [0.2, 0.25) is 0 Å². The van der Waals surface area contributed by atoms with Crippen LogP contribution >= 0.6 is 15.9 Å². The molecule has 114 valence electrons. The molecule has 1 aromatic rings. The molecular weight excluding hydrogens is 350 g/mol. The summed E-state index contributed by atoms with van der Waals surface area (Å²) in [5.74, 6) is 0.437. The number of halogens is 1. The van der Waals surface area contributed by atoms with Gasteiger partial charge in [0.05, 0.1) is 6.61 Å². The highest BCUT2D eigenvalue weighted by atomic mass is 79.9. The molecule has 1 N–H and O–H groups in total. The lowest BCUT2D eigenvalue weighted by Gasteiger charge is -2.31. The highest BCUT2D eigenvalue weighted by molar-refractivity contribution is 9.10. The Kier molecular flexibility index (Phi) is 5.25. The van der Waals surface area contributed by atoms with Crippen molar-refractivity contribution in [3.05, 3.63) is 16.5 Å². The zero-order valence-corrected chi connectivity index (χ0v) is 13.6. The van der Waals surface area contributed by atoms with Gasteiger partial charge in [-0.3, -0.25) is 0 Å². The molecule has 2 heterocycles. The predicted molar refractivity (Wildman–Crippen MR) is 75.7 cm³/mol. The van der Waals surface area contributed by atoms with E-state index >= 15 is 0 Å². The standard InChI is InChI=1S/C12H18BrNO5S/c1-18-8-9-3-2-4-14(6-9)20(16,17)11-5-10(7-15)19-12(11)13/h5,9,15H,2-4,6-8H2,1H3. The van der Waals surface area contributed by atoms with Crippen molar-refractivity contribution in [3.8, 4) is 0 Å². The van der Waals surface area contributed by atoms with Gasteiger partial charge in [-0.2, -0.15) is 4.31 Å². The van der Waals surface area contributed by atoms with Crippen molar-refractivity contribution in [1.82, 2.24) is 4.31 Å². The molecule has 0 aliphatic carbocycles. The molecule has 0 saturated carbocycles. The third-order valence-electron chi connectivity index (χ3n) is 3.36. The van der Waals surface area contributed by atoms with Crippen molar-refractivity contribution in [3.63, 3.8) is 0 Å². The highest BCUT2D eigenvalue weighted by Crippen LogP contribution is 2.31. The number of aliphatic hydroxyl groups is 1. The fraction of sp³-hybridized carbons (Fsp3) is 0.667. The van der Waals surface area contributed by atoms with Crippen LogP contribution in [0.25, 0.3) is 0 Å². The fourth-order valence-corrected chi connectivity index (χ4v) is 4.92. The topological polar surface area (TPSA) is 80.0 Å². The minimum absolute atomic E-state index is 0.0691. The summed E-state index contributed by atoms with van der Waals surface area (Å²) in [6, 6.07) is 1.36. The molecule has 1 atom stereocenters. The summed E-state index contributed by atoms with van der Waals surface area (Å²) in [5.41, 5.74) is 0. The second-order valence-electron chi connectivity index (χ2n) is 4.84. The van der Waals surface area contributed by atoms with Crippen LogP contribution in [0.15, 0.2) is 20.0 Å². The minimum Gasteiger partial charge on any atom is -0.450 e. The Morgan fingerprint density at radius 1 is 1.60 bits per heavy atom. The van der Waals surface area contributed by atoms with Gasteiger partial charge in [-0.1, -0.05) is 0 Å². The second kappa shape index (κ2) is 6.57. The number of piperidine rings is 1. The molecule has 1 aromatic heterocycles. The summed E-state index contributed by atoms with van der Waals surface area (Å²) in [4.78, 5) is 0.0691. The lowest BCUT2D eigenvalue weighted by molar-refractivity contribution is 0.118. The number of hydrogen-bond acceptors (Lipinski definition) is 5. The zero-order chi connectivity index (χ0) is 14.8. The molecule has 0 amide bonds. The smallest absolute Gasteiger partial charge is 0.247 e. The van der Waals surface area contributed by atoms with Crippen LogP contribution in [-0.4, -0.2) is 44.6 Å². The molecule has 1 aliphatic rings. The van der Waals surface area contributed by atoms with Gasteiger partial charge in [-0.15, -0.1) is 0 Å². The Morgan fingerprint density at radius 2 is 2.35 bits per heavy atom. The van der Waals surface area contributed by atoms with E-state index in [0.717, 1.165) is 12.8 Å². The normalized spacial score (nSPS) is 21.2. The second-order valence-corrected chi connectivity index (χ2v) is 7.46. The highest BCUT2D eigenvalue weighted by Gasteiger charge is 2.33. The number of aliphatic hydroxyl groups excluding tert-OH is 1. The molecule has 1 fully saturated rings. The van der Waals surface area contributed by atoms with Crippen molar-refractivity contribution in [2.24, 2.45) is 5.92 Å². The molecule has 6 nitrogen and oxygen atoms in total. The predicted octanol–water partition coefficient (Wildman–Crippen LogP) is 1.58. The Balaban J connectivity index is 2.22. The van der Waals surface area contributed by atoms with Gasteiger partial charge in [-0.05, 0) is 34.7 Å². The molecule has 0 spiro atoms. The summed E-state index contributed by atoms with van der Waals surface area (Å²) in [5, 5.41) is 9.02. The van der Waals surface area contributed by atoms with Gasteiger partial charge in [0.15, 0.2) is 4.67 Å². The summed E-state index contributed by atoms with van der Waals surface area (Å²) in [6.07, 6.45) is 1.78. The number of methoxy groups -OCH3 is 1. The van der Waals surface area contributed by atoms with Crippen LogP contribution in [0.1, 0.15) is 18.6 Å². The molecule has 0 radical (unpaired) electrons. The number of furan rings is 1. The quantitative estimate of drug-likeness (QED) is 0.854. The largest absolute Gasteiger partial charge is 0.450 e. The van der Waals surface area contributed by atoms with E-state index in [1.807, 2.05) is 0 Å². The van der Waals surface area contributed by atoms with Gasteiger partial charge >= 0.3 is 0 Å². The van der Waals surface area contributed by atoms with E-state index in [9.17, 15) is 8.42 Å². The molecule has 0 bridgehead atoms. The maximum Gasteiger partial charge on any atom is 0.247 e. The third kappa shape index (κ3) is 3.25. The number of rotatable bonds is 5. The molecule has 8 heteroatoms. The monoisotopic (exact) mass is 367 g/mol. The van der Waals surface area contributed by atoms with Gasteiger partial charge < -0.3 is 14.3 Å². The van der Waals surface area contributed by atoms with Crippen LogP contribution in [0.3, 0.4) is 0 Å². The number of sulfonamides is 1.